The molecule has 1 heterocycles. The molecule has 1 atom stereocenters. The molecule has 1 unspecified atom stereocenters. The minimum Gasteiger partial charge on any atom is -0.480 e. The van der Waals surface area contributed by atoms with Crippen LogP contribution in [0.25, 0.3) is 0 Å². The Kier molecular flexibility index (Phi) is 2.01. The van der Waals surface area contributed by atoms with Gasteiger partial charge in [0.2, 0.25) is 0 Å². The first-order chi connectivity index (χ1) is 5.11. The van der Waals surface area contributed by atoms with E-state index < -0.39 is 12.0 Å². The molecule has 0 saturated heterocycles. The van der Waals surface area contributed by atoms with Crippen molar-refractivity contribution in [2.75, 3.05) is 5.73 Å². The molecule has 0 amide bonds. The Morgan fingerprint density at radius 2 is 2.36 bits per heavy atom. The predicted molar refractivity (Wildman–Crippen MR) is 38.9 cm³/mol. The van der Waals surface area contributed by atoms with Gasteiger partial charge in [-0.1, -0.05) is 0 Å². The van der Waals surface area contributed by atoms with E-state index in [1.54, 1.807) is 0 Å². The molecular formula is C4H6N4O2S. The second-order valence-electron chi connectivity index (χ2n) is 1.81. The fraction of sp³-hybridized carbons (Fsp3) is 0.250. The summed E-state index contributed by atoms with van der Waals surface area (Å²) in [5.74, 6) is -1.11. The Balaban J connectivity index is 2.84. The maximum absolute atomic E-state index is 10.3. The molecule has 0 aliphatic carbocycles. The quantitative estimate of drug-likeness (QED) is 0.541. The fourth-order valence-electron chi connectivity index (χ4n) is 0.484. The number of anilines is 1. The second-order valence-corrected chi connectivity index (χ2v) is 2.59. The van der Waals surface area contributed by atoms with Crippen LogP contribution in [0.3, 0.4) is 0 Å². The normalized spacial score (nSPS) is 12.8. The van der Waals surface area contributed by atoms with Crippen molar-refractivity contribution in [2.24, 2.45) is 5.73 Å². The number of rotatable bonds is 2. The van der Waals surface area contributed by atoms with Gasteiger partial charge in [0.25, 0.3) is 0 Å². The second kappa shape index (κ2) is 2.81. The molecule has 1 aromatic rings. The van der Waals surface area contributed by atoms with Gasteiger partial charge >= 0.3 is 5.97 Å². The van der Waals surface area contributed by atoms with Crippen LogP contribution in [0.1, 0.15) is 11.9 Å². The summed E-state index contributed by atoms with van der Waals surface area (Å²) in [7, 11) is 0. The van der Waals surface area contributed by atoms with Gasteiger partial charge in [0.1, 0.15) is 0 Å². The Hall–Kier alpha value is -1.21. The van der Waals surface area contributed by atoms with Crippen molar-refractivity contribution >= 4 is 22.6 Å². The maximum atomic E-state index is 10.3. The molecule has 0 aliphatic rings. The van der Waals surface area contributed by atoms with Crippen molar-refractivity contribution in [1.29, 1.82) is 0 Å². The molecule has 0 aliphatic heterocycles. The number of hydrogen-bond acceptors (Lipinski definition) is 6. The van der Waals surface area contributed by atoms with Crippen LogP contribution in [-0.2, 0) is 4.79 Å². The molecule has 60 valence electrons. The number of hydrogen-bond donors (Lipinski definition) is 3. The van der Waals surface area contributed by atoms with Crippen LogP contribution in [0, 0.1) is 0 Å². The van der Waals surface area contributed by atoms with Crippen LogP contribution < -0.4 is 11.5 Å². The number of carboxylic acid groups (broad SMARTS) is 1. The lowest BCUT2D eigenvalue weighted by Crippen LogP contribution is -2.21. The lowest BCUT2D eigenvalue weighted by atomic mass is 10.3. The van der Waals surface area contributed by atoms with E-state index in [-0.39, 0.29) is 11.0 Å². The summed E-state index contributed by atoms with van der Waals surface area (Å²) >= 11 is 0.923. The van der Waals surface area contributed by atoms with E-state index in [9.17, 15) is 4.79 Å². The zero-order chi connectivity index (χ0) is 8.43. The lowest BCUT2D eigenvalue weighted by molar-refractivity contribution is -0.138. The molecule has 0 saturated carbocycles. The van der Waals surface area contributed by atoms with Gasteiger partial charge in [-0.25, -0.2) is 4.98 Å². The van der Waals surface area contributed by atoms with Gasteiger partial charge in [-0.2, -0.15) is 4.37 Å². The number of carboxylic acids is 1. The Bertz CT molecular complexity index is 273. The van der Waals surface area contributed by atoms with Gasteiger partial charge in [-0.05, 0) is 0 Å². The van der Waals surface area contributed by atoms with Crippen LogP contribution in [0.4, 0.5) is 5.13 Å². The average molecular weight is 174 g/mol. The number of aliphatic carboxylic acids is 1. The first kappa shape index (κ1) is 7.89. The largest absolute Gasteiger partial charge is 0.480 e. The summed E-state index contributed by atoms with van der Waals surface area (Å²) in [6.45, 7) is 0. The summed E-state index contributed by atoms with van der Waals surface area (Å²) in [4.78, 5) is 13.9. The SMILES string of the molecule is Nc1nc(C(N)C(=O)O)ns1. The standard InChI is InChI=1S/C4H6N4O2S/c5-1(3(9)10)2-7-4(6)11-8-2/h1H,5H2,(H,9,10)(H2,6,7,8). The van der Waals surface area contributed by atoms with Crippen LogP contribution in [0.15, 0.2) is 0 Å². The van der Waals surface area contributed by atoms with E-state index in [2.05, 4.69) is 9.36 Å². The number of aromatic nitrogens is 2. The Labute approximate surface area is 66.0 Å². The summed E-state index contributed by atoms with van der Waals surface area (Å²) in [5.41, 5.74) is 10.4. The molecule has 5 N–H and O–H groups in total. The van der Waals surface area contributed by atoms with Crippen LogP contribution in [0.2, 0.25) is 0 Å². The Morgan fingerprint density at radius 1 is 1.73 bits per heavy atom. The highest BCUT2D eigenvalue weighted by Gasteiger charge is 2.18. The van der Waals surface area contributed by atoms with E-state index in [0.717, 1.165) is 11.5 Å². The molecule has 1 aromatic heterocycles. The van der Waals surface area contributed by atoms with Gasteiger partial charge < -0.3 is 16.6 Å². The topological polar surface area (TPSA) is 115 Å². The molecule has 6 nitrogen and oxygen atoms in total. The van der Waals surface area contributed by atoms with E-state index in [1.807, 2.05) is 0 Å². The molecule has 1 rings (SSSR count). The lowest BCUT2D eigenvalue weighted by Gasteiger charge is -1.97. The van der Waals surface area contributed by atoms with Crippen LogP contribution in [-0.4, -0.2) is 20.4 Å². The van der Waals surface area contributed by atoms with Crippen molar-refractivity contribution in [3.05, 3.63) is 5.82 Å². The highest BCUT2D eigenvalue weighted by Crippen LogP contribution is 2.11. The monoisotopic (exact) mass is 174 g/mol. The van der Waals surface area contributed by atoms with Gasteiger partial charge in [0.05, 0.1) is 0 Å². The van der Waals surface area contributed by atoms with Crippen molar-refractivity contribution in [1.82, 2.24) is 9.36 Å². The van der Waals surface area contributed by atoms with Crippen molar-refractivity contribution in [3.63, 3.8) is 0 Å². The van der Waals surface area contributed by atoms with E-state index in [4.69, 9.17) is 16.6 Å². The number of carbonyl (C=O) groups is 1. The summed E-state index contributed by atoms with van der Waals surface area (Å²) in [6, 6.07) is -1.18. The molecule has 0 aromatic carbocycles. The molecular weight excluding hydrogens is 168 g/mol. The minimum absolute atomic E-state index is 0.0556. The van der Waals surface area contributed by atoms with Crippen molar-refractivity contribution in [2.45, 2.75) is 6.04 Å². The van der Waals surface area contributed by atoms with E-state index >= 15 is 0 Å². The third kappa shape index (κ3) is 1.63. The molecule has 0 fully saturated rings. The number of nitrogen functional groups attached to an aromatic ring is 1. The first-order valence-electron chi connectivity index (χ1n) is 2.68. The number of nitrogens with two attached hydrogens (primary N) is 2. The first-order valence-corrected chi connectivity index (χ1v) is 3.46. The number of nitrogens with zero attached hydrogens (tertiary/aromatic N) is 2. The van der Waals surface area contributed by atoms with E-state index in [0.29, 0.717) is 0 Å². The molecule has 11 heavy (non-hydrogen) atoms. The van der Waals surface area contributed by atoms with Crippen LogP contribution >= 0.6 is 11.5 Å². The summed E-state index contributed by atoms with van der Waals surface area (Å²) < 4.78 is 3.64. The van der Waals surface area contributed by atoms with E-state index in [1.165, 1.54) is 0 Å². The maximum Gasteiger partial charge on any atom is 0.328 e. The summed E-state index contributed by atoms with van der Waals surface area (Å²) in [5, 5.41) is 8.62. The zero-order valence-corrected chi connectivity index (χ0v) is 6.21. The highest BCUT2D eigenvalue weighted by molar-refractivity contribution is 7.09. The zero-order valence-electron chi connectivity index (χ0n) is 5.39. The van der Waals surface area contributed by atoms with Gasteiger partial charge in [-0.15, -0.1) is 0 Å². The van der Waals surface area contributed by atoms with Crippen LogP contribution in [0.5, 0.6) is 0 Å². The third-order valence-electron chi connectivity index (χ3n) is 1.00. The van der Waals surface area contributed by atoms with Crippen molar-refractivity contribution < 1.29 is 9.90 Å². The molecule has 0 radical (unpaired) electrons. The van der Waals surface area contributed by atoms with Gasteiger partial charge in [-0.3, -0.25) is 4.79 Å². The van der Waals surface area contributed by atoms with Gasteiger partial charge in [0, 0.05) is 11.5 Å². The predicted octanol–water partition coefficient (Wildman–Crippen LogP) is -0.795. The minimum atomic E-state index is -1.18. The Morgan fingerprint density at radius 3 is 2.73 bits per heavy atom. The molecule has 7 heteroatoms. The van der Waals surface area contributed by atoms with Crippen molar-refractivity contribution in [3.8, 4) is 0 Å². The fourth-order valence-corrected chi connectivity index (χ4v) is 0.960. The average Bonchev–Trinajstić information content (AvgIpc) is 2.34. The summed E-state index contributed by atoms with van der Waals surface area (Å²) in [6.07, 6.45) is 0. The molecule has 0 bridgehead atoms. The third-order valence-corrected chi connectivity index (χ3v) is 1.56. The smallest absolute Gasteiger partial charge is 0.328 e. The van der Waals surface area contributed by atoms with Gasteiger partial charge in [0.15, 0.2) is 17.0 Å². The highest BCUT2D eigenvalue weighted by atomic mass is 32.1. The molecule has 0 spiro atoms.